The van der Waals surface area contributed by atoms with E-state index in [0.717, 1.165) is 17.0 Å². The van der Waals surface area contributed by atoms with Crippen molar-refractivity contribution in [3.8, 4) is 17.0 Å². The molecule has 2 aromatic rings. The lowest BCUT2D eigenvalue weighted by atomic mass is 10.2. The number of thiazole rings is 1. The standard InChI is InChI=1S/C16H21N3O3S.ClH/c1-3-22-12-6-4-11(5-7-12)14-10-23-16(18-14)19-15(20)8-13(9-17)21-2;/h4-7,10,13H,3,8-9,17H2,1-2H3,(H,18,19,20);1H. The van der Waals surface area contributed by atoms with Gasteiger partial charge in [-0.25, -0.2) is 4.98 Å². The first-order valence-corrected chi connectivity index (χ1v) is 8.25. The van der Waals surface area contributed by atoms with Crippen molar-refractivity contribution in [2.75, 3.05) is 25.6 Å². The zero-order valence-corrected chi connectivity index (χ0v) is 15.3. The topological polar surface area (TPSA) is 86.5 Å². The summed E-state index contributed by atoms with van der Waals surface area (Å²) >= 11 is 1.38. The summed E-state index contributed by atoms with van der Waals surface area (Å²) in [7, 11) is 1.54. The number of aromatic nitrogens is 1. The number of hydrogen-bond acceptors (Lipinski definition) is 6. The van der Waals surface area contributed by atoms with Crippen LogP contribution in [0.5, 0.6) is 5.75 Å². The SMILES string of the molecule is CCOc1ccc(-c2csc(NC(=O)CC(CN)OC)n2)cc1.Cl. The number of methoxy groups -OCH3 is 1. The van der Waals surface area contributed by atoms with E-state index in [0.29, 0.717) is 18.3 Å². The molecule has 0 fully saturated rings. The molecule has 132 valence electrons. The highest BCUT2D eigenvalue weighted by molar-refractivity contribution is 7.14. The Morgan fingerprint density at radius 2 is 2.08 bits per heavy atom. The van der Waals surface area contributed by atoms with Gasteiger partial charge < -0.3 is 20.5 Å². The van der Waals surface area contributed by atoms with E-state index >= 15 is 0 Å². The molecule has 0 spiro atoms. The van der Waals surface area contributed by atoms with Gasteiger partial charge >= 0.3 is 0 Å². The maximum atomic E-state index is 11.9. The van der Waals surface area contributed by atoms with Crippen molar-refractivity contribution < 1.29 is 14.3 Å². The van der Waals surface area contributed by atoms with Gasteiger partial charge in [-0.2, -0.15) is 0 Å². The van der Waals surface area contributed by atoms with Gasteiger partial charge in [0.15, 0.2) is 5.13 Å². The van der Waals surface area contributed by atoms with Gasteiger partial charge in [0.25, 0.3) is 0 Å². The Balaban J connectivity index is 0.00000288. The molecule has 2 rings (SSSR count). The number of hydrogen-bond donors (Lipinski definition) is 2. The van der Waals surface area contributed by atoms with Crippen molar-refractivity contribution >= 4 is 34.8 Å². The van der Waals surface area contributed by atoms with Gasteiger partial charge in [-0.1, -0.05) is 0 Å². The van der Waals surface area contributed by atoms with Crippen molar-refractivity contribution in [2.45, 2.75) is 19.4 Å². The van der Waals surface area contributed by atoms with Gasteiger partial charge in [0, 0.05) is 24.6 Å². The molecular formula is C16H22ClN3O3S. The fraction of sp³-hybridized carbons (Fsp3) is 0.375. The van der Waals surface area contributed by atoms with Crippen molar-refractivity contribution in [3.63, 3.8) is 0 Å². The number of carbonyl (C=O) groups excluding carboxylic acids is 1. The fourth-order valence-electron chi connectivity index (χ4n) is 1.99. The molecule has 1 atom stereocenters. The Bertz CT molecular complexity index is 630. The van der Waals surface area contributed by atoms with Crippen LogP contribution in [0.1, 0.15) is 13.3 Å². The van der Waals surface area contributed by atoms with Gasteiger partial charge in [-0.3, -0.25) is 4.79 Å². The molecule has 0 saturated carbocycles. The Morgan fingerprint density at radius 3 is 2.67 bits per heavy atom. The van der Waals surface area contributed by atoms with Crippen LogP contribution in [0.3, 0.4) is 0 Å². The molecule has 6 nitrogen and oxygen atoms in total. The maximum absolute atomic E-state index is 11.9. The number of nitrogens with two attached hydrogens (primary N) is 1. The first kappa shape index (κ1) is 20.4. The second-order valence-corrected chi connectivity index (χ2v) is 5.70. The first-order valence-electron chi connectivity index (χ1n) is 7.37. The Labute approximate surface area is 151 Å². The number of nitrogens with zero attached hydrogens (tertiary/aromatic N) is 1. The van der Waals surface area contributed by atoms with Crippen molar-refractivity contribution in [3.05, 3.63) is 29.6 Å². The summed E-state index contributed by atoms with van der Waals surface area (Å²) in [5, 5.41) is 5.24. The molecule has 1 aromatic carbocycles. The van der Waals surface area contributed by atoms with Gasteiger partial charge in [0.1, 0.15) is 5.75 Å². The third-order valence-corrected chi connectivity index (χ3v) is 3.98. The number of benzene rings is 1. The minimum absolute atomic E-state index is 0. The lowest BCUT2D eigenvalue weighted by Crippen LogP contribution is -2.28. The maximum Gasteiger partial charge on any atom is 0.228 e. The highest BCUT2D eigenvalue weighted by atomic mass is 35.5. The molecule has 0 saturated heterocycles. The summed E-state index contributed by atoms with van der Waals surface area (Å²) in [4.78, 5) is 16.3. The molecule has 1 amide bonds. The fourth-order valence-corrected chi connectivity index (χ4v) is 2.73. The highest BCUT2D eigenvalue weighted by Gasteiger charge is 2.13. The number of ether oxygens (including phenoxy) is 2. The molecule has 24 heavy (non-hydrogen) atoms. The van der Waals surface area contributed by atoms with Gasteiger partial charge in [-0.15, -0.1) is 23.7 Å². The predicted octanol–water partition coefficient (Wildman–Crippen LogP) is 2.93. The molecule has 1 unspecified atom stereocenters. The molecule has 0 aliphatic carbocycles. The Morgan fingerprint density at radius 1 is 1.38 bits per heavy atom. The van der Waals surface area contributed by atoms with Crippen LogP contribution in [0.25, 0.3) is 11.3 Å². The summed E-state index contributed by atoms with van der Waals surface area (Å²) in [6, 6.07) is 7.70. The molecule has 0 bridgehead atoms. The summed E-state index contributed by atoms with van der Waals surface area (Å²) < 4.78 is 10.5. The van der Waals surface area contributed by atoms with E-state index in [2.05, 4.69) is 10.3 Å². The van der Waals surface area contributed by atoms with E-state index in [1.165, 1.54) is 18.4 Å². The average Bonchev–Trinajstić information content (AvgIpc) is 3.02. The van der Waals surface area contributed by atoms with E-state index in [-0.39, 0.29) is 30.8 Å². The number of rotatable bonds is 8. The van der Waals surface area contributed by atoms with E-state index in [1.807, 2.05) is 36.6 Å². The molecule has 3 N–H and O–H groups in total. The van der Waals surface area contributed by atoms with Gasteiger partial charge in [0.2, 0.25) is 5.91 Å². The normalized spacial score (nSPS) is 11.5. The lowest BCUT2D eigenvalue weighted by molar-refractivity contribution is -0.118. The predicted molar refractivity (Wildman–Crippen MR) is 99.1 cm³/mol. The van der Waals surface area contributed by atoms with Crippen LogP contribution in [0.4, 0.5) is 5.13 Å². The molecule has 1 heterocycles. The smallest absolute Gasteiger partial charge is 0.228 e. The zero-order valence-electron chi connectivity index (χ0n) is 13.7. The van der Waals surface area contributed by atoms with Crippen LogP contribution >= 0.6 is 23.7 Å². The quantitative estimate of drug-likeness (QED) is 0.745. The van der Waals surface area contributed by atoms with Crippen molar-refractivity contribution in [1.82, 2.24) is 4.98 Å². The second-order valence-electron chi connectivity index (χ2n) is 4.84. The summed E-state index contributed by atoms with van der Waals surface area (Å²) in [6.45, 7) is 2.89. The van der Waals surface area contributed by atoms with E-state index in [1.54, 1.807) is 0 Å². The third kappa shape index (κ3) is 5.76. The molecule has 0 radical (unpaired) electrons. The number of anilines is 1. The average molecular weight is 372 g/mol. The van der Waals surface area contributed by atoms with E-state index in [4.69, 9.17) is 15.2 Å². The van der Waals surface area contributed by atoms with E-state index < -0.39 is 0 Å². The van der Waals surface area contributed by atoms with Crippen LogP contribution in [-0.2, 0) is 9.53 Å². The van der Waals surface area contributed by atoms with Crippen LogP contribution in [0.2, 0.25) is 0 Å². The lowest BCUT2D eigenvalue weighted by Gasteiger charge is -2.11. The molecule has 8 heteroatoms. The van der Waals surface area contributed by atoms with E-state index in [9.17, 15) is 4.79 Å². The van der Waals surface area contributed by atoms with Crippen LogP contribution < -0.4 is 15.8 Å². The minimum Gasteiger partial charge on any atom is -0.494 e. The van der Waals surface area contributed by atoms with Crippen molar-refractivity contribution in [1.29, 1.82) is 0 Å². The zero-order chi connectivity index (χ0) is 16.7. The summed E-state index contributed by atoms with van der Waals surface area (Å²) in [5.74, 6) is 0.669. The molecule has 1 aromatic heterocycles. The Kier molecular flexibility index (Phi) is 8.70. The van der Waals surface area contributed by atoms with Crippen LogP contribution in [0, 0.1) is 0 Å². The minimum atomic E-state index is -0.277. The molecular weight excluding hydrogens is 350 g/mol. The largest absolute Gasteiger partial charge is 0.494 e. The second kappa shape index (κ2) is 10.2. The van der Waals surface area contributed by atoms with Gasteiger partial charge in [-0.05, 0) is 31.2 Å². The number of amides is 1. The summed E-state index contributed by atoms with van der Waals surface area (Å²) in [6.07, 6.45) is -0.0640. The highest BCUT2D eigenvalue weighted by Crippen LogP contribution is 2.26. The van der Waals surface area contributed by atoms with Crippen LogP contribution in [-0.4, -0.2) is 37.3 Å². The molecule has 0 aliphatic rings. The molecule has 0 aliphatic heterocycles. The number of nitrogens with one attached hydrogen (secondary N) is 1. The van der Waals surface area contributed by atoms with Crippen LogP contribution in [0.15, 0.2) is 29.6 Å². The number of carbonyl (C=O) groups is 1. The Hall–Kier alpha value is -1.67. The number of halogens is 1. The monoisotopic (exact) mass is 371 g/mol. The van der Waals surface area contributed by atoms with Gasteiger partial charge in [0.05, 0.1) is 24.8 Å². The first-order chi connectivity index (χ1) is 11.2. The third-order valence-electron chi connectivity index (χ3n) is 3.22. The van der Waals surface area contributed by atoms with Crippen molar-refractivity contribution in [2.24, 2.45) is 5.73 Å². The summed E-state index contributed by atoms with van der Waals surface area (Å²) in [5.41, 5.74) is 7.30.